The standard InChI is InChI=1S/C14H14O4/c1-14(2)5-4-8-11(18-14)6-9-10(12(8)16-3)7-17-13(9)15/h4-6H,7H2,1-3H3. The number of fused-ring (bicyclic) bond motifs is 2. The maximum absolute atomic E-state index is 11.6. The third-order valence-corrected chi connectivity index (χ3v) is 3.18. The minimum Gasteiger partial charge on any atom is -0.496 e. The molecule has 18 heavy (non-hydrogen) atoms. The van der Waals surface area contributed by atoms with Gasteiger partial charge in [0.05, 0.1) is 18.2 Å². The highest BCUT2D eigenvalue weighted by Crippen LogP contribution is 2.43. The van der Waals surface area contributed by atoms with E-state index in [1.54, 1.807) is 13.2 Å². The van der Waals surface area contributed by atoms with Crippen molar-refractivity contribution in [2.75, 3.05) is 7.11 Å². The molecule has 0 spiro atoms. The maximum atomic E-state index is 11.6. The number of benzene rings is 1. The molecule has 0 saturated carbocycles. The Bertz CT molecular complexity index is 570. The van der Waals surface area contributed by atoms with Gasteiger partial charge in [0.1, 0.15) is 23.7 Å². The van der Waals surface area contributed by atoms with Crippen LogP contribution < -0.4 is 9.47 Å². The van der Waals surface area contributed by atoms with Gasteiger partial charge in [-0.3, -0.25) is 0 Å². The van der Waals surface area contributed by atoms with Crippen LogP contribution in [0.5, 0.6) is 11.5 Å². The van der Waals surface area contributed by atoms with Crippen LogP contribution >= 0.6 is 0 Å². The number of carbonyl (C=O) groups excluding carboxylic acids is 1. The molecule has 0 bridgehead atoms. The molecular weight excluding hydrogens is 232 g/mol. The SMILES string of the molecule is COc1c2c(cc3c1COC3=O)OC(C)(C)C=C2. The van der Waals surface area contributed by atoms with Crippen molar-refractivity contribution in [1.29, 1.82) is 0 Å². The normalized spacial score (nSPS) is 18.7. The van der Waals surface area contributed by atoms with E-state index < -0.39 is 0 Å². The van der Waals surface area contributed by atoms with Crippen LogP contribution in [-0.4, -0.2) is 18.7 Å². The summed E-state index contributed by atoms with van der Waals surface area (Å²) in [6.45, 7) is 4.19. The number of cyclic esters (lactones) is 1. The molecule has 1 aromatic carbocycles. The lowest BCUT2D eigenvalue weighted by Crippen LogP contribution is -2.27. The molecule has 0 saturated heterocycles. The summed E-state index contributed by atoms with van der Waals surface area (Å²) in [6.07, 6.45) is 3.95. The molecule has 3 rings (SSSR count). The van der Waals surface area contributed by atoms with E-state index in [4.69, 9.17) is 14.2 Å². The third-order valence-electron chi connectivity index (χ3n) is 3.18. The monoisotopic (exact) mass is 246 g/mol. The zero-order chi connectivity index (χ0) is 12.9. The average molecular weight is 246 g/mol. The maximum Gasteiger partial charge on any atom is 0.339 e. The fraction of sp³-hybridized carbons (Fsp3) is 0.357. The van der Waals surface area contributed by atoms with E-state index >= 15 is 0 Å². The highest BCUT2D eigenvalue weighted by Gasteiger charge is 2.32. The van der Waals surface area contributed by atoms with E-state index in [0.717, 1.165) is 11.1 Å². The first kappa shape index (κ1) is 11.1. The van der Waals surface area contributed by atoms with E-state index in [9.17, 15) is 4.79 Å². The second-order valence-corrected chi connectivity index (χ2v) is 4.96. The summed E-state index contributed by atoms with van der Waals surface area (Å²) in [4.78, 5) is 11.6. The summed E-state index contributed by atoms with van der Waals surface area (Å²) in [5, 5.41) is 0. The Morgan fingerprint density at radius 3 is 2.89 bits per heavy atom. The summed E-state index contributed by atoms with van der Waals surface area (Å²) < 4.78 is 16.3. The molecule has 2 heterocycles. The molecule has 4 heteroatoms. The van der Waals surface area contributed by atoms with Crippen molar-refractivity contribution in [1.82, 2.24) is 0 Å². The number of rotatable bonds is 1. The molecule has 0 fully saturated rings. The predicted octanol–water partition coefficient (Wildman–Crippen LogP) is 2.55. The number of methoxy groups -OCH3 is 1. The van der Waals surface area contributed by atoms with E-state index in [1.807, 2.05) is 26.0 Å². The topological polar surface area (TPSA) is 44.8 Å². The lowest BCUT2D eigenvalue weighted by atomic mass is 9.97. The first-order chi connectivity index (χ1) is 8.52. The van der Waals surface area contributed by atoms with Gasteiger partial charge in [0.2, 0.25) is 0 Å². The molecule has 0 N–H and O–H groups in total. The van der Waals surface area contributed by atoms with Crippen LogP contribution in [0, 0.1) is 0 Å². The zero-order valence-corrected chi connectivity index (χ0v) is 10.6. The largest absolute Gasteiger partial charge is 0.496 e. The van der Waals surface area contributed by atoms with Crippen LogP contribution in [0.1, 0.15) is 35.3 Å². The molecule has 2 aliphatic heterocycles. The van der Waals surface area contributed by atoms with Gasteiger partial charge in [-0.15, -0.1) is 0 Å². The Labute approximate surface area is 105 Å². The Kier molecular flexibility index (Phi) is 2.17. The van der Waals surface area contributed by atoms with E-state index in [0.29, 0.717) is 17.1 Å². The molecule has 0 unspecified atom stereocenters. The van der Waals surface area contributed by atoms with Gasteiger partial charge < -0.3 is 14.2 Å². The van der Waals surface area contributed by atoms with Crippen LogP contribution in [0.2, 0.25) is 0 Å². The Morgan fingerprint density at radius 1 is 1.39 bits per heavy atom. The van der Waals surface area contributed by atoms with Gasteiger partial charge in [-0.1, -0.05) is 0 Å². The lowest BCUT2D eigenvalue weighted by molar-refractivity contribution is 0.0533. The second kappa shape index (κ2) is 3.51. The van der Waals surface area contributed by atoms with Crippen LogP contribution in [0.4, 0.5) is 0 Å². The molecule has 4 nitrogen and oxygen atoms in total. The molecule has 0 aliphatic carbocycles. The molecule has 2 aliphatic rings. The van der Waals surface area contributed by atoms with Crippen molar-refractivity contribution in [3.05, 3.63) is 28.8 Å². The molecule has 0 radical (unpaired) electrons. The van der Waals surface area contributed by atoms with Crippen molar-refractivity contribution in [2.24, 2.45) is 0 Å². The van der Waals surface area contributed by atoms with Gasteiger partial charge in [0, 0.05) is 5.56 Å². The lowest BCUT2D eigenvalue weighted by Gasteiger charge is -2.29. The summed E-state index contributed by atoms with van der Waals surface area (Å²) in [7, 11) is 1.59. The van der Waals surface area contributed by atoms with Crippen LogP contribution in [0.25, 0.3) is 6.08 Å². The molecule has 1 aromatic rings. The van der Waals surface area contributed by atoms with Gasteiger partial charge in [0.25, 0.3) is 0 Å². The Balaban J connectivity index is 2.24. The Hall–Kier alpha value is -1.97. The number of carbonyl (C=O) groups is 1. The van der Waals surface area contributed by atoms with E-state index in [1.165, 1.54) is 0 Å². The van der Waals surface area contributed by atoms with Crippen molar-refractivity contribution < 1.29 is 19.0 Å². The number of ether oxygens (including phenoxy) is 3. The van der Waals surface area contributed by atoms with Gasteiger partial charge >= 0.3 is 5.97 Å². The zero-order valence-electron chi connectivity index (χ0n) is 10.6. The van der Waals surface area contributed by atoms with Crippen molar-refractivity contribution in [2.45, 2.75) is 26.1 Å². The van der Waals surface area contributed by atoms with Crippen LogP contribution in [0.3, 0.4) is 0 Å². The number of hydrogen-bond donors (Lipinski definition) is 0. The molecule has 0 atom stereocenters. The van der Waals surface area contributed by atoms with Gasteiger partial charge in [0.15, 0.2) is 0 Å². The van der Waals surface area contributed by atoms with Crippen LogP contribution in [-0.2, 0) is 11.3 Å². The molecular formula is C14H14O4. The predicted molar refractivity (Wildman–Crippen MR) is 65.9 cm³/mol. The smallest absolute Gasteiger partial charge is 0.339 e. The summed E-state index contributed by atoms with van der Waals surface area (Å²) >= 11 is 0. The minimum absolute atomic E-state index is 0.266. The highest BCUT2D eigenvalue weighted by atomic mass is 16.5. The first-order valence-corrected chi connectivity index (χ1v) is 5.81. The molecule has 94 valence electrons. The Morgan fingerprint density at radius 2 is 2.17 bits per heavy atom. The van der Waals surface area contributed by atoms with E-state index in [-0.39, 0.29) is 18.2 Å². The minimum atomic E-state index is -0.380. The first-order valence-electron chi connectivity index (χ1n) is 5.81. The van der Waals surface area contributed by atoms with Crippen molar-refractivity contribution >= 4 is 12.0 Å². The fourth-order valence-electron chi connectivity index (χ4n) is 2.31. The number of esters is 1. The second-order valence-electron chi connectivity index (χ2n) is 4.96. The molecule has 0 aromatic heterocycles. The summed E-state index contributed by atoms with van der Waals surface area (Å²) in [6, 6.07) is 1.74. The number of hydrogen-bond acceptors (Lipinski definition) is 4. The quantitative estimate of drug-likeness (QED) is 0.714. The van der Waals surface area contributed by atoms with E-state index in [2.05, 4.69) is 0 Å². The van der Waals surface area contributed by atoms with Crippen molar-refractivity contribution in [3.63, 3.8) is 0 Å². The van der Waals surface area contributed by atoms with Gasteiger partial charge in [-0.05, 0) is 32.1 Å². The van der Waals surface area contributed by atoms with Crippen LogP contribution in [0.15, 0.2) is 12.1 Å². The van der Waals surface area contributed by atoms with Crippen molar-refractivity contribution in [3.8, 4) is 11.5 Å². The fourth-order valence-corrected chi connectivity index (χ4v) is 2.31. The summed E-state index contributed by atoms with van der Waals surface area (Å²) in [5.74, 6) is 1.01. The highest BCUT2D eigenvalue weighted by molar-refractivity contribution is 5.96. The molecule has 0 amide bonds. The summed E-state index contributed by atoms with van der Waals surface area (Å²) in [5.41, 5.74) is 1.83. The van der Waals surface area contributed by atoms with Gasteiger partial charge in [-0.25, -0.2) is 4.79 Å². The van der Waals surface area contributed by atoms with Gasteiger partial charge in [-0.2, -0.15) is 0 Å². The third kappa shape index (κ3) is 1.49. The average Bonchev–Trinajstić information content (AvgIpc) is 2.67.